The maximum Gasteiger partial charge on any atom is 0.573 e. The number of aryl methyl sites for hydroxylation is 1. The minimum absolute atomic E-state index is 0.0572. The summed E-state index contributed by atoms with van der Waals surface area (Å²) >= 11 is 0. The number of hydrogen-bond acceptors (Lipinski definition) is 6. The molecule has 12 heteroatoms. The summed E-state index contributed by atoms with van der Waals surface area (Å²) in [4.78, 5) is 28.7. The van der Waals surface area contributed by atoms with Crippen molar-refractivity contribution in [2.75, 3.05) is 5.32 Å². The molecule has 0 aliphatic heterocycles. The third-order valence-corrected chi connectivity index (χ3v) is 8.48. The molecule has 2 aliphatic carbocycles. The Kier molecular flexibility index (Phi) is 8.25. The average molecular weight is 585 g/mol. The highest BCUT2D eigenvalue weighted by Crippen LogP contribution is 2.44. The molecule has 9 nitrogen and oxygen atoms in total. The van der Waals surface area contributed by atoms with E-state index in [9.17, 15) is 22.8 Å². The molecule has 0 radical (unpaired) electrons. The molecule has 1 unspecified atom stereocenters. The van der Waals surface area contributed by atoms with Gasteiger partial charge in [0.05, 0.1) is 12.5 Å². The molecule has 1 aromatic heterocycles. The van der Waals surface area contributed by atoms with Gasteiger partial charge in [0.2, 0.25) is 11.9 Å². The van der Waals surface area contributed by atoms with E-state index in [1.807, 2.05) is 17.0 Å². The Morgan fingerprint density at radius 1 is 1.02 bits per heavy atom. The number of aromatic amines is 1. The molecule has 3 aromatic rings. The second-order valence-electron chi connectivity index (χ2n) is 12.2. The number of amides is 2. The van der Waals surface area contributed by atoms with Crippen molar-refractivity contribution in [1.29, 1.82) is 0 Å². The predicted molar refractivity (Wildman–Crippen MR) is 149 cm³/mol. The van der Waals surface area contributed by atoms with E-state index in [1.54, 1.807) is 6.07 Å². The van der Waals surface area contributed by atoms with Crippen molar-refractivity contribution in [3.8, 4) is 5.75 Å². The van der Waals surface area contributed by atoms with E-state index in [-0.39, 0.29) is 47.4 Å². The summed E-state index contributed by atoms with van der Waals surface area (Å²) in [5.41, 5.74) is 3.32. The number of ether oxygens (including phenoxy) is 1. The van der Waals surface area contributed by atoms with E-state index in [0.29, 0.717) is 17.0 Å². The van der Waals surface area contributed by atoms with Crippen LogP contribution in [-0.4, -0.2) is 49.7 Å². The smallest absolute Gasteiger partial charge is 0.406 e. The van der Waals surface area contributed by atoms with Gasteiger partial charge in [-0.05, 0) is 101 Å². The first kappa shape index (κ1) is 29.5. The van der Waals surface area contributed by atoms with Crippen LogP contribution in [0.15, 0.2) is 42.5 Å². The molecule has 1 saturated carbocycles. The molecule has 0 bridgehead atoms. The first-order valence-corrected chi connectivity index (χ1v) is 14.2. The molecule has 1 heterocycles. The Hall–Kier alpha value is -3.96. The quantitative estimate of drug-likeness (QED) is 0.352. The van der Waals surface area contributed by atoms with Gasteiger partial charge in [0.15, 0.2) is 0 Å². The summed E-state index contributed by atoms with van der Waals surface area (Å²) in [6.07, 6.45) is 0.582. The van der Waals surface area contributed by atoms with Gasteiger partial charge in [-0.1, -0.05) is 44.1 Å². The summed E-state index contributed by atoms with van der Waals surface area (Å²) in [6, 6.07) is 10.9. The van der Waals surface area contributed by atoms with Gasteiger partial charge in [-0.15, -0.1) is 13.2 Å². The van der Waals surface area contributed by atoms with Gasteiger partial charge in [0, 0.05) is 11.6 Å². The molecule has 0 saturated heterocycles. The minimum Gasteiger partial charge on any atom is -0.406 e. The van der Waals surface area contributed by atoms with E-state index in [2.05, 4.69) is 51.4 Å². The van der Waals surface area contributed by atoms with Gasteiger partial charge >= 0.3 is 6.36 Å². The van der Waals surface area contributed by atoms with Crippen LogP contribution in [0.1, 0.15) is 86.0 Å². The average Bonchev–Trinajstić information content (AvgIpc) is 3.59. The fourth-order valence-corrected chi connectivity index (χ4v) is 6.34. The number of H-pyrrole nitrogens is 1. The lowest BCUT2D eigenvalue weighted by molar-refractivity contribution is -0.274. The maximum atomic E-state index is 14.0. The highest BCUT2D eigenvalue weighted by Gasteiger charge is 2.39. The van der Waals surface area contributed by atoms with Crippen LogP contribution in [0.25, 0.3) is 0 Å². The van der Waals surface area contributed by atoms with E-state index < -0.39 is 6.36 Å². The Morgan fingerprint density at radius 2 is 1.74 bits per heavy atom. The van der Waals surface area contributed by atoms with Crippen molar-refractivity contribution in [3.05, 3.63) is 64.7 Å². The first-order valence-electron chi connectivity index (χ1n) is 14.2. The minimum atomic E-state index is -4.77. The number of tetrazole rings is 1. The highest BCUT2D eigenvalue weighted by molar-refractivity contribution is 6.03. The lowest BCUT2D eigenvalue weighted by Crippen LogP contribution is -2.45. The molecule has 42 heavy (non-hydrogen) atoms. The van der Waals surface area contributed by atoms with E-state index in [1.165, 1.54) is 24.3 Å². The number of hydrogen-bond donors (Lipinski definition) is 2. The number of carbonyl (C=O) groups excluding carboxylic acids is 2. The van der Waals surface area contributed by atoms with Crippen molar-refractivity contribution < 1.29 is 27.5 Å². The molecule has 0 spiro atoms. The zero-order chi connectivity index (χ0) is 30.1. The Labute approximate surface area is 242 Å². The van der Waals surface area contributed by atoms with Crippen LogP contribution in [-0.2, 0) is 17.6 Å². The number of benzene rings is 2. The number of anilines is 1. The Bertz CT molecular complexity index is 1400. The number of carbonyl (C=O) groups is 2. The largest absolute Gasteiger partial charge is 0.573 e. The van der Waals surface area contributed by atoms with Gasteiger partial charge in [-0.2, -0.15) is 0 Å². The van der Waals surface area contributed by atoms with Crippen molar-refractivity contribution in [2.45, 2.75) is 84.2 Å². The fraction of sp³-hybridized carbons (Fsp3) is 0.500. The van der Waals surface area contributed by atoms with Crippen molar-refractivity contribution in [2.24, 2.45) is 11.3 Å². The van der Waals surface area contributed by atoms with Crippen LogP contribution in [0.4, 0.5) is 19.1 Å². The molecule has 1 atom stereocenters. The number of halogens is 3. The van der Waals surface area contributed by atoms with E-state index in [4.69, 9.17) is 0 Å². The predicted octanol–water partition coefficient (Wildman–Crippen LogP) is 6.01. The molecule has 2 aromatic carbocycles. The number of aromatic nitrogens is 4. The van der Waals surface area contributed by atoms with Crippen LogP contribution >= 0.6 is 0 Å². The molecule has 2 aliphatic rings. The number of rotatable bonds is 7. The highest BCUT2D eigenvalue weighted by atomic mass is 19.4. The van der Waals surface area contributed by atoms with Crippen LogP contribution in [0, 0.1) is 11.3 Å². The van der Waals surface area contributed by atoms with Crippen LogP contribution in [0.2, 0.25) is 0 Å². The maximum absolute atomic E-state index is 14.0. The van der Waals surface area contributed by atoms with Gasteiger partial charge in [-0.25, -0.2) is 5.10 Å². The van der Waals surface area contributed by atoms with Crippen molar-refractivity contribution in [3.63, 3.8) is 0 Å². The summed E-state index contributed by atoms with van der Waals surface area (Å²) in [7, 11) is 0. The lowest BCUT2D eigenvalue weighted by Gasteiger charge is -2.43. The summed E-state index contributed by atoms with van der Waals surface area (Å²) in [5.74, 6) is 0.00458. The molecule has 2 amide bonds. The van der Waals surface area contributed by atoms with Crippen molar-refractivity contribution >= 4 is 17.8 Å². The molecule has 2 N–H and O–H groups in total. The zero-order valence-corrected chi connectivity index (χ0v) is 23.9. The second kappa shape index (κ2) is 11.7. The Balaban J connectivity index is 1.36. The van der Waals surface area contributed by atoms with Gasteiger partial charge in [0.25, 0.3) is 5.91 Å². The number of nitrogens with one attached hydrogen (secondary N) is 2. The normalized spacial score (nSPS) is 20.6. The molecule has 5 rings (SSSR count). The second-order valence-corrected chi connectivity index (χ2v) is 12.2. The zero-order valence-electron chi connectivity index (χ0n) is 23.9. The third kappa shape index (κ3) is 6.91. The monoisotopic (exact) mass is 584 g/mol. The third-order valence-electron chi connectivity index (χ3n) is 8.48. The van der Waals surface area contributed by atoms with Crippen molar-refractivity contribution in [1.82, 2.24) is 25.5 Å². The number of alkyl halides is 3. The van der Waals surface area contributed by atoms with Gasteiger partial charge in [0.1, 0.15) is 5.75 Å². The van der Waals surface area contributed by atoms with Crippen LogP contribution in [0.3, 0.4) is 0 Å². The molecular weight excluding hydrogens is 549 g/mol. The standard InChI is InChI=1S/C30H35F3N6O3/c1-29(2,3)21-8-10-22(11-9-21)39(26(40)16-18-4-12-23(13-5-18)42-30(31,32)33)25-15-7-19-17-20(6-14-24(19)25)27(41)34-28-35-37-38-36-28/h4-6,12-14,17,21-22,25H,7-11,15-16H2,1-3H3,(H2,34,35,36,37,38,41). The number of nitrogens with zero attached hydrogens (tertiary/aromatic N) is 4. The molecule has 224 valence electrons. The summed E-state index contributed by atoms with van der Waals surface area (Å²) in [6.45, 7) is 6.77. The van der Waals surface area contributed by atoms with Crippen LogP contribution < -0.4 is 10.1 Å². The van der Waals surface area contributed by atoms with Gasteiger partial charge in [-0.3, -0.25) is 14.9 Å². The SMILES string of the molecule is CC(C)(C)C1CCC(N(C(=O)Cc2ccc(OC(F)(F)F)cc2)C2CCc3cc(C(=O)Nc4nnn[nH]4)ccc32)CC1. The fourth-order valence-electron chi connectivity index (χ4n) is 6.34. The van der Waals surface area contributed by atoms with E-state index >= 15 is 0 Å². The first-order chi connectivity index (χ1) is 19.9. The Morgan fingerprint density at radius 3 is 2.36 bits per heavy atom. The summed E-state index contributed by atoms with van der Waals surface area (Å²) < 4.78 is 41.8. The summed E-state index contributed by atoms with van der Waals surface area (Å²) in [5, 5.41) is 15.7. The van der Waals surface area contributed by atoms with Gasteiger partial charge < -0.3 is 9.64 Å². The molecule has 1 fully saturated rings. The number of fused-ring (bicyclic) bond motifs is 1. The van der Waals surface area contributed by atoms with Crippen LogP contribution in [0.5, 0.6) is 5.75 Å². The lowest BCUT2D eigenvalue weighted by atomic mass is 9.71. The molecular formula is C30H35F3N6O3. The topological polar surface area (TPSA) is 113 Å². The van der Waals surface area contributed by atoms with E-state index in [0.717, 1.165) is 49.7 Å².